The van der Waals surface area contributed by atoms with Crippen LogP contribution in [0.5, 0.6) is 5.75 Å². The highest BCUT2D eigenvalue weighted by Gasteiger charge is 2.36. The number of primary amides is 1. The molecule has 3 aromatic rings. The third-order valence-corrected chi connectivity index (χ3v) is 5.99. The zero-order chi connectivity index (χ0) is 26.9. The van der Waals surface area contributed by atoms with Crippen molar-refractivity contribution in [3.63, 3.8) is 0 Å². The van der Waals surface area contributed by atoms with Crippen molar-refractivity contribution in [3.05, 3.63) is 70.7 Å². The quantitative estimate of drug-likeness (QED) is 0.321. The fourth-order valence-corrected chi connectivity index (χ4v) is 4.25. The summed E-state index contributed by atoms with van der Waals surface area (Å²) >= 11 is 0.701. The minimum atomic E-state index is -1.24. The lowest BCUT2D eigenvalue weighted by Gasteiger charge is -2.31. The number of hydrogen-bond acceptors (Lipinski definition) is 9. The number of nitrogen functional groups attached to an aromatic ring is 1. The van der Waals surface area contributed by atoms with Crippen LogP contribution in [0, 0.1) is 0 Å². The Labute approximate surface area is 217 Å². The van der Waals surface area contributed by atoms with Crippen molar-refractivity contribution in [1.82, 2.24) is 9.69 Å². The van der Waals surface area contributed by atoms with Crippen molar-refractivity contribution in [2.75, 3.05) is 30.4 Å². The average Bonchev–Trinajstić information content (AvgIpc) is 3.28. The molecule has 0 spiro atoms. The number of rotatable bonds is 11. The van der Waals surface area contributed by atoms with Crippen LogP contribution in [0.2, 0.25) is 0 Å². The van der Waals surface area contributed by atoms with Gasteiger partial charge in [0.2, 0.25) is 5.91 Å². The molecule has 5 N–H and O–H groups in total. The summed E-state index contributed by atoms with van der Waals surface area (Å²) < 4.78 is 14.3. The van der Waals surface area contributed by atoms with Crippen LogP contribution in [0.4, 0.5) is 11.4 Å². The van der Waals surface area contributed by atoms with Crippen molar-refractivity contribution in [2.24, 2.45) is 5.73 Å². The van der Waals surface area contributed by atoms with Crippen LogP contribution >= 0.6 is 11.5 Å². The fourth-order valence-electron chi connectivity index (χ4n) is 3.51. The molecule has 0 aliphatic carbocycles. The third kappa shape index (κ3) is 6.41. The molecule has 1 atom stereocenters. The molecule has 3 rings (SSSR count). The number of esters is 1. The first kappa shape index (κ1) is 27.1. The highest BCUT2D eigenvalue weighted by molar-refractivity contribution is 7.09. The molecule has 1 heterocycles. The second-order valence-electron chi connectivity index (χ2n) is 7.58. The van der Waals surface area contributed by atoms with E-state index in [1.54, 1.807) is 61.5 Å². The summed E-state index contributed by atoms with van der Waals surface area (Å²) in [7, 11) is 0. The summed E-state index contributed by atoms with van der Waals surface area (Å²) in [5.41, 5.74) is 11.8. The molecule has 11 nitrogen and oxygen atoms in total. The standard InChI is InChI=1S/C25H27N5O6S/c1-3-35-17-12-10-15(11-13-17)21(24(33)28-14-18(31)36-4-2)30(16-8-6-5-7-9-16)25(34)22-19(26)20(23(27)32)29-37-22/h5-13,21H,3-4,14,26H2,1-2H3,(H2,27,32)(H,28,33). The van der Waals surface area contributed by atoms with Gasteiger partial charge in [0.25, 0.3) is 11.8 Å². The van der Waals surface area contributed by atoms with E-state index >= 15 is 0 Å². The summed E-state index contributed by atoms with van der Waals surface area (Å²) in [6.45, 7) is 3.70. The summed E-state index contributed by atoms with van der Waals surface area (Å²) in [6.07, 6.45) is 0. The van der Waals surface area contributed by atoms with Crippen molar-refractivity contribution in [3.8, 4) is 5.75 Å². The number of aromatic nitrogens is 1. The van der Waals surface area contributed by atoms with Gasteiger partial charge in [-0.1, -0.05) is 30.3 Å². The number of anilines is 2. The van der Waals surface area contributed by atoms with E-state index in [0.717, 1.165) is 0 Å². The van der Waals surface area contributed by atoms with Gasteiger partial charge in [0.15, 0.2) is 5.69 Å². The van der Waals surface area contributed by atoms with E-state index in [9.17, 15) is 19.2 Å². The van der Waals surface area contributed by atoms with E-state index in [0.29, 0.717) is 35.1 Å². The lowest BCUT2D eigenvalue weighted by atomic mass is 10.0. The van der Waals surface area contributed by atoms with Crippen molar-refractivity contribution in [1.29, 1.82) is 0 Å². The SMILES string of the molecule is CCOC(=O)CNC(=O)C(c1ccc(OCC)cc1)N(C(=O)c1snc(C(N)=O)c1N)c1ccccc1. The summed E-state index contributed by atoms with van der Waals surface area (Å²) in [5, 5.41) is 2.54. The van der Waals surface area contributed by atoms with Gasteiger partial charge in [0, 0.05) is 5.69 Å². The van der Waals surface area contributed by atoms with E-state index < -0.39 is 36.3 Å². The summed E-state index contributed by atoms with van der Waals surface area (Å²) in [5.74, 6) is -2.26. The molecular formula is C25H27N5O6S. The second-order valence-corrected chi connectivity index (χ2v) is 8.35. The first-order valence-corrected chi connectivity index (χ1v) is 12.1. The van der Waals surface area contributed by atoms with Crippen molar-refractivity contribution in [2.45, 2.75) is 19.9 Å². The molecule has 37 heavy (non-hydrogen) atoms. The molecule has 1 unspecified atom stereocenters. The van der Waals surface area contributed by atoms with Gasteiger partial charge in [-0.05, 0) is 55.2 Å². The smallest absolute Gasteiger partial charge is 0.325 e. The van der Waals surface area contributed by atoms with Gasteiger partial charge in [0.1, 0.15) is 23.2 Å². The maximum atomic E-state index is 13.9. The molecule has 0 saturated carbocycles. The van der Waals surface area contributed by atoms with E-state index in [-0.39, 0.29) is 22.9 Å². The number of ether oxygens (including phenoxy) is 2. The highest BCUT2D eigenvalue weighted by Crippen LogP contribution is 2.33. The Morgan fingerprint density at radius 2 is 1.70 bits per heavy atom. The van der Waals surface area contributed by atoms with Crippen LogP contribution in [0.1, 0.15) is 45.6 Å². The Kier molecular flexibility index (Phi) is 9.16. The van der Waals surface area contributed by atoms with Gasteiger partial charge in [-0.2, -0.15) is 4.37 Å². The molecule has 1 aromatic heterocycles. The van der Waals surface area contributed by atoms with Crippen LogP contribution in [0.15, 0.2) is 54.6 Å². The average molecular weight is 526 g/mol. The lowest BCUT2D eigenvalue weighted by molar-refractivity contribution is -0.143. The minimum Gasteiger partial charge on any atom is -0.494 e. The fraction of sp³-hybridized carbons (Fsp3) is 0.240. The number of carbonyl (C=O) groups is 4. The minimum absolute atomic E-state index is 0.0632. The predicted molar refractivity (Wildman–Crippen MR) is 138 cm³/mol. The highest BCUT2D eigenvalue weighted by atomic mass is 32.1. The number of carbonyl (C=O) groups excluding carboxylic acids is 4. The van der Waals surface area contributed by atoms with Crippen molar-refractivity contribution >= 4 is 46.6 Å². The maximum absolute atomic E-state index is 13.9. The number of amides is 3. The number of nitrogens with two attached hydrogens (primary N) is 2. The van der Waals surface area contributed by atoms with Crippen molar-refractivity contribution < 1.29 is 28.7 Å². The zero-order valence-electron chi connectivity index (χ0n) is 20.3. The molecule has 0 bridgehead atoms. The largest absolute Gasteiger partial charge is 0.494 e. The zero-order valence-corrected chi connectivity index (χ0v) is 21.1. The Balaban J connectivity index is 2.12. The molecular weight excluding hydrogens is 498 g/mol. The molecule has 3 amide bonds. The molecule has 0 fully saturated rings. The first-order chi connectivity index (χ1) is 17.8. The maximum Gasteiger partial charge on any atom is 0.325 e. The second kappa shape index (κ2) is 12.5. The Morgan fingerprint density at radius 3 is 2.27 bits per heavy atom. The Hall–Kier alpha value is -4.45. The molecule has 194 valence electrons. The normalized spacial score (nSPS) is 11.3. The van der Waals surface area contributed by atoms with Crippen LogP contribution < -0.4 is 26.4 Å². The van der Waals surface area contributed by atoms with Gasteiger partial charge in [0.05, 0.1) is 18.9 Å². The van der Waals surface area contributed by atoms with Crippen LogP contribution in [0.3, 0.4) is 0 Å². The molecule has 0 aliphatic heterocycles. The van der Waals surface area contributed by atoms with Gasteiger partial charge < -0.3 is 26.3 Å². The van der Waals surface area contributed by atoms with Crippen LogP contribution in [-0.4, -0.2) is 47.8 Å². The summed E-state index contributed by atoms with van der Waals surface area (Å²) in [6, 6.07) is 13.8. The monoisotopic (exact) mass is 525 g/mol. The molecule has 0 aliphatic rings. The Morgan fingerprint density at radius 1 is 1.03 bits per heavy atom. The third-order valence-electron chi connectivity index (χ3n) is 5.13. The number of nitrogens with one attached hydrogen (secondary N) is 1. The predicted octanol–water partition coefficient (Wildman–Crippen LogP) is 2.29. The summed E-state index contributed by atoms with van der Waals surface area (Å²) in [4.78, 5) is 52.2. The first-order valence-electron chi connectivity index (χ1n) is 11.4. The molecule has 0 saturated heterocycles. The molecule has 12 heteroatoms. The van der Waals surface area contributed by atoms with Gasteiger partial charge in [-0.15, -0.1) is 0 Å². The van der Waals surface area contributed by atoms with Gasteiger partial charge in [-0.3, -0.25) is 24.1 Å². The van der Waals surface area contributed by atoms with Crippen LogP contribution in [-0.2, 0) is 14.3 Å². The van der Waals surface area contributed by atoms with Gasteiger partial charge >= 0.3 is 5.97 Å². The van der Waals surface area contributed by atoms with E-state index in [4.69, 9.17) is 20.9 Å². The van der Waals surface area contributed by atoms with E-state index in [1.165, 1.54) is 4.90 Å². The van der Waals surface area contributed by atoms with E-state index in [2.05, 4.69) is 9.69 Å². The van der Waals surface area contributed by atoms with Gasteiger partial charge in [-0.25, -0.2) is 0 Å². The Bertz CT molecular complexity index is 1260. The number of nitrogens with zero attached hydrogens (tertiary/aromatic N) is 2. The van der Waals surface area contributed by atoms with Crippen LogP contribution in [0.25, 0.3) is 0 Å². The topological polar surface area (TPSA) is 167 Å². The number of benzene rings is 2. The lowest BCUT2D eigenvalue weighted by Crippen LogP contribution is -2.45. The molecule has 0 radical (unpaired) electrons. The number of hydrogen-bond donors (Lipinski definition) is 3. The number of para-hydroxylation sites is 1. The van der Waals surface area contributed by atoms with E-state index in [1.807, 2.05) is 6.92 Å². The molecule has 2 aromatic carbocycles.